The third-order valence-corrected chi connectivity index (χ3v) is 2.57. The number of aliphatic hydroxyl groups is 1. The van der Waals surface area contributed by atoms with Gasteiger partial charge in [0.15, 0.2) is 17.4 Å². The fourth-order valence-corrected chi connectivity index (χ4v) is 1.60. The summed E-state index contributed by atoms with van der Waals surface area (Å²) in [6.45, 7) is 5.10. The Bertz CT molecular complexity index is 392. The summed E-state index contributed by atoms with van der Waals surface area (Å²) >= 11 is 0. The number of benzene rings is 1. The lowest BCUT2D eigenvalue weighted by molar-refractivity contribution is 0.0148. The summed E-state index contributed by atoms with van der Waals surface area (Å²) in [4.78, 5) is 0. The molecule has 0 bridgehead atoms. The van der Waals surface area contributed by atoms with Crippen molar-refractivity contribution in [3.63, 3.8) is 0 Å². The van der Waals surface area contributed by atoms with E-state index in [1.54, 1.807) is 6.92 Å². The van der Waals surface area contributed by atoms with Crippen LogP contribution in [-0.2, 0) is 11.3 Å². The molecule has 0 fully saturated rings. The molecular formula is C14H21F2NO3. The first-order valence-electron chi connectivity index (χ1n) is 6.65. The average Bonchev–Trinajstić information content (AvgIpc) is 2.41. The van der Waals surface area contributed by atoms with Gasteiger partial charge in [0.05, 0.1) is 6.61 Å². The summed E-state index contributed by atoms with van der Waals surface area (Å²) in [6.07, 6.45) is -0.921. The van der Waals surface area contributed by atoms with Gasteiger partial charge >= 0.3 is 0 Å². The predicted molar refractivity (Wildman–Crippen MR) is 71.7 cm³/mol. The number of halogens is 2. The van der Waals surface area contributed by atoms with Crippen LogP contribution in [0, 0.1) is 11.6 Å². The molecule has 0 aliphatic heterocycles. The molecular weight excluding hydrogens is 268 g/mol. The minimum atomic E-state index is -0.921. The number of hydrogen-bond acceptors (Lipinski definition) is 4. The van der Waals surface area contributed by atoms with Crippen LogP contribution in [0.15, 0.2) is 12.1 Å². The lowest BCUT2D eigenvalue weighted by Gasteiger charge is -2.14. The van der Waals surface area contributed by atoms with E-state index >= 15 is 0 Å². The Balaban J connectivity index is 2.61. The molecule has 0 aliphatic carbocycles. The molecule has 0 spiro atoms. The molecule has 0 aromatic heterocycles. The molecule has 4 nitrogen and oxygen atoms in total. The zero-order valence-corrected chi connectivity index (χ0v) is 11.8. The first kappa shape index (κ1) is 16.8. The van der Waals surface area contributed by atoms with Gasteiger partial charge in [0.1, 0.15) is 12.7 Å². The predicted octanol–water partition coefficient (Wildman–Crippen LogP) is 1.85. The summed E-state index contributed by atoms with van der Waals surface area (Å²) in [6, 6.07) is 2.44. The van der Waals surface area contributed by atoms with Crippen molar-refractivity contribution in [3.05, 3.63) is 29.3 Å². The van der Waals surface area contributed by atoms with Crippen molar-refractivity contribution in [3.8, 4) is 5.75 Å². The standard InChI is InChI=1S/C14H21F2NO3/c1-3-17-7-10-5-12(15)14(13(16)6-10)20-9-11(18)8-19-4-2/h5-6,11,17-18H,3-4,7-9H2,1-2H3. The van der Waals surface area contributed by atoms with E-state index in [1.807, 2.05) is 6.92 Å². The lowest BCUT2D eigenvalue weighted by atomic mass is 10.2. The fraction of sp³-hybridized carbons (Fsp3) is 0.571. The zero-order valence-electron chi connectivity index (χ0n) is 11.8. The van der Waals surface area contributed by atoms with Gasteiger partial charge in [-0.2, -0.15) is 0 Å². The molecule has 0 radical (unpaired) electrons. The van der Waals surface area contributed by atoms with E-state index in [1.165, 1.54) is 12.1 Å². The molecule has 0 saturated heterocycles. The van der Waals surface area contributed by atoms with Crippen LogP contribution in [-0.4, -0.2) is 37.6 Å². The Morgan fingerprint density at radius 3 is 2.40 bits per heavy atom. The number of nitrogens with one attached hydrogen (secondary N) is 1. The van der Waals surface area contributed by atoms with Crippen molar-refractivity contribution < 1.29 is 23.4 Å². The molecule has 1 atom stereocenters. The van der Waals surface area contributed by atoms with Crippen molar-refractivity contribution in [2.24, 2.45) is 0 Å². The molecule has 0 amide bonds. The molecule has 0 heterocycles. The maximum atomic E-state index is 13.7. The Labute approximate surface area is 117 Å². The molecule has 0 saturated carbocycles. The Morgan fingerprint density at radius 1 is 1.20 bits per heavy atom. The second kappa shape index (κ2) is 8.84. The molecule has 6 heteroatoms. The van der Waals surface area contributed by atoms with Crippen LogP contribution in [0.5, 0.6) is 5.75 Å². The van der Waals surface area contributed by atoms with Crippen LogP contribution in [0.4, 0.5) is 8.78 Å². The molecule has 114 valence electrons. The summed E-state index contributed by atoms with van der Waals surface area (Å²) in [5.41, 5.74) is 0.504. The van der Waals surface area contributed by atoms with E-state index in [0.29, 0.717) is 25.3 Å². The van der Waals surface area contributed by atoms with Gasteiger partial charge in [-0.3, -0.25) is 0 Å². The van der Waals surface area contributed by atoms with Gasteiger partial charge in [-0.05, 0) is 31.2 Å². The van der Waals surface area contributed by atoms with Crippen LogP contribution in [0.1, 0.15) is 19.4 Å². The molecule has 1 aromatic carbocycles. The van der Waals surface area contributed by atoms with E-state index in [2.05, 4.69) is 5.32 Å². The summed E-state index contributed by atoms with van der Waals surface area (Å²) in [7, 11) is 0. The van der Waals surface area contributed by atoms with Crippen LogP contribution in [0.3, 0.4) is 0 Å². The highest BCUT2D eigenvalue weighted by atomic mass is 19.1. The van der Waals surface area contributed by atoms with E-state index < -0.39 is 23.5 Å². The van der Waals surface area contributed by atoms with E-state index in [4.69, 9.17) is 9.47 Å². The van der Waals surface area contributed by atoms with Gasteiger partial charge in [-0.25, -0.2) is 8.78 Å². The normalized spacial score (nSPS) is 12.4. The Kier molecular flexibility index (Phi) is 7.43. The topological polar surface area (TPSA) is 50.7 Å². The van der Waals surface area contributed by atoms with Crippen LogP contribution in [0.2, 0.25) is 0 Å². The maximum absolute atomic E-state index is 13.7. The van der Waals surface area contributed by atoms with Gasteiger partial charge in [0.25, 0.3) is 0 Å². The van der Waals surface area contributed by atoms with Crippen LogP contribution >= 0.6 is 0 Å². The van der Waals surface area contributed by atoms with Crippen LogP contribution in [0.25, 0.3) is 0 Å². The summed E-state index contributed by atoms with van der Waals surface area (Å²) < 4.78 is 37.4. The van der Waals surface area contributed by atoms with E-state index in [-0.39, 0.29) is 13.2 Å². The zero-order chi connectivity index (χ0) is 15.0. The van der Waals surface area contributed by atoms with E-state index in [0.717, 1.165) is 0 Å². The first-order valence-corrected chi connectivity index (χ1v) is 6.65. The molecule has 1 unspecified atom stereocenters. The molecule has 1 rings (SSSR count). The van der Waals surface area contributed by atoms with Crippen LogP contribution < -0.4 is 10.1 Å². The molecule has 1 aromatic rings. The molecule has 2 N–H and O–H groups in total. The first-order chi connectivity index (χ1) is 9.58. The third kappa shape index (κ3) is 5.40. The monoisotopic (exact) mass is 289 g/mol. The largest absolute Gasteiger partial charge is 0.485 e. The number of aliphatic hydroxyl groups excluding tert-OH is 1. The third-order valence-electron chi connectivity index (χ3n) is 2.57. The van der Waals surface area contributed by atoms with Crippen molar-refractivity contribution in [2.45, 2.75) is 26.5 Å². The van der Waals surface area contributed by atoms with Gasteiger partial charge in [-0.1, -0.05) is 6.92 Å². The number of rotatable bonds is 9. The van der Waals surface area contributed by atoms with E-state index in [9.17, 15) is 13.9 Å². The highest BCUT2D eigenvalue weighted by Gasteiger charge is 2.14. The summed E-state index contributed by atoms with van der Waals surface area (Å²) in [5.74, 6) is -2.02. The Morgan fingerprint density at radius 2 is 1.85 bits per heavy atom. The van der Waals surface area contributed by atoms with Gasteiger partial charge < -0.3 is 19.9 Å². The molecule has 0 aliphatic rings. The van der Waals surface area contributed by atoms with Crippen molar-refractivity contribution in [1.82, 2.24) is 5.32 Å². The second-order valence-electron chi connectivity index (χ2n) is 4.29. The molecule has 20 heavy (non-hydrogen) atoms. The maximum Gasteiger partial charge on any atom is 0.190 e. The Hall–Kier alpha value is -1.24. The highest BCUT2D eigenvalue weighted by molar-refractivity contribution is 5.31. The quantitative estimate of drug-likeness (QED) is 0.728. The summed E-state index contributed by atoms with van der Waals surface area (Å²) in [5, 5.41) is 12.5. The second-order valence-corrected chi connectivity index (χ2v) is 4.29. The van der Waals surface area contributed by atoms with Gasteiger partial charge in [0.2, 0.25) is 0 Å². The smallest absolute Gasteiger partial charge is 0.190 e. The average molecular weight is 289 g/mol. The lowest BCUT2D eigenvalue weighted by Crippen LogP contribution is -2.24. The van der Waals surface area contributed by atoms with Crippen molar-refractivity contribution in [1.29, 1.82) is 0 Å². The van der Waals surface area contributed by atoms with Gasteiger partial charge in [0, 0.05) is 13.2 Å². The minimum Gasteiger partial charge on any atom is -0.485 e. The SMILES string of the molecule is CCNCc1cc(F)c(OCC(O)COCC)c(F)c1. The highest BCUT2D eigenvalue weighted by Crippen LogP contribution is 2.23. The fourth-order valence-electron chi connectivity index (χ4n) is 1.60. The van der Waals surface area contributed by atoms with Crippen molar-refractivity contribution >= 4 is 0 Å². The van der Waals surface area contributed by atoms with Crippen molar-refractivity contribution in [2.75, 3.05) is 26.4 Å². The number of ether oxygens (including phenoxy) is 2. The van der Waals surface area contributed by atoms with Gasteiger partial charge in [-0.15, -0.1) is 0 Å². The minimum absolute atomic E-state index is 0.0677. The number of hydrogen-bond donors (Lipinski definition) is 2.